The second-order valence-corrected chi connectivity index (χ2v) is 4.62. The quantitative estimate of drug-likeness (QED) is 0.654. The summed E-state index contributed by atoms with van der Waals surface area (Å²) in [5.74, 6) is 0.757. The number of thiophene rings is 1. The SMILES string of the molecule is CSc1csc2c(=O)[nH]c(CCl)nc12. The van der Waals surface area contributed by atoms with Crippen molar-refractivity contribution < 1.29 is 0 Å². The van der Waals surface area contributed by atoms with E-state index in [1.807, 2.05) is 11.6 Å². The van der Waals surface area contributed by atoms with Gasteiger partial charge in [-0.15, -0.1) is 34.7 Å². The second kappa shape index (κ2) is 3.92. The van der Waals surface area contributed by atoms with Crippen molar-refractivity contribution in [3.05, 3.63) is 21.6 Å². The lowest BCUT2D eigenvalue weighted by molar-refractivity contribution is 1.03. The van der Waals surface area contributed by atoms with Gasteiger partial charge in [0.15, 0.2) is 0 Å². The number of aromatic amines is 1. The highest BCUT2D eigenvalue weighted by Crippen LogP contribution is 2.28. The van der Waals surface area contributed by atoms with E-state index in [1.165, 1.54) is 11.3 Å². The van der Waals surface area contributed by atoms with Crippen molar-refractivity contribution >= 4 is 44.9 Å². The molecule has 0 radical (unpaired) electrons. The van der Waals surface area contributed by atoms with Crippen LogP contribution >= 0.6 is 34.7 Å². The summed E-state index contributed by atoms with van der Waals surface area (Å²) in [7, 11) is 0. The molecule has 0 aliphatic carbocycles. The molecule has 74 valence electrons. The molecule has 2 aromatic heterocycles. The van der Waals surface area contributed by atoms with E-state index < -0.39 is 0 Å². The molecule has 0 bridgehead atoms. The normalized spacial score (nSPS) is 11.0. The van der Waals surface area contributed by atoms with Crippen LogP contribution in [0.25, 0.3) is 10.2 Å². The summed E-state index contributed by atoms with van der Waals surface area (Å²) in [6, 6.07) is 0. The fourth-order valence-electron chi connectivity index (χ4n) is 1.16. The van der Waals surface area contributed by atoms with Crippen molar-refractivity contribution in [2.45, 2.75) is 10.8 Å². The Kier molecular flexibility index (Phi) is 2.80. The minimum Gasteiger partial charge on any atom is -0.308 e. The highest BCUT2D eigenvalue weighted by Gasteiger charge is 2.09. The number of thioether (sulfide) groups is 1. The highest BCUT2D eigenvalue weighted by molar-refractivity contribution is 7.99. The number of hydrogen-bond donors (Lipinski definition) is 1. The summed E-state index contributed by atoms with van der Waals surface area (Å²) in [5, 5.41) is 1.94. The average Bonchev–Trinajstić information content (AvgIpc) is 2.61. The Morgan fingerprint density at radius 2 is 2.50 bits per heavy atom. The van der Waals surface area contributed by atoms with Crippen LogP contribution in [-0.2, 0) is 5.88 Å². The minimum atomic E-state index is -0.101. The third-order valence-corrected chi connectivity index (χ3v) is 3.91. The molecule has 14 heavy (non-hydrogen) atoms. The average molecular weight is 247 g/mol. The monoisotopic (exact) mass is 246 g/mol. The van der Waals surface area contributed by atoms with Gasteiger partial charge in [-0.25, -0.2) is 4.98 Å². The van der Waals surface area contributed by atoms with E-state index in [0.29, 0.717) is 10.5 Å². The van der Waals surface area contributed by atoms with E-state index in [0.717, 1.165) is 10.4 Å². The first-order valence-electron chi connectivity index (χ1n) is 3.86. The zero-order valence-electron chi connectivity index (χ0n) is 7.33. The molecular formula is C8H7ClN2OS2. The molecular weight excluding hydrogens is 240 g/mol. The number of fused-ring (bicyclic) bond motifs is 1. The summed E-state index contributed by atoms with van der Waals surface area (Å²) in [5.41, 5.74) is 0.665. The Bertz CT molecular complexity index is 520. The number of nitrogens with zero attached hydrogens (tertiary/aromatic N) is 1. The van der Waals surface area contributed by atoms with Crippen LogP contribution in [0.3, 0.4) is 0 Å². The molecule has 0 saturated heterocycles. The summed E-state index contributed by atoms with van der Waals surface area (Å²) < 4.78 is 0.670. The Labute approximate surface area is 93.5 Å². The molecule has 0 atom stereocenters. The molecule has 2 aromatic rings. The maximum absolute atomic E-state index is 11.5. The van der Waals surface area contributed by atoms with E-state index in [9.17, 15) is 4.79 Å². The van der Waals surface area contributed by atoms with E-state index >= 15 is 0 Å². The molecule has 0 aromatic carbocycles. The van der Waals surface area contributed by atoms with E-state index in [1.54, 1.807) is 11.8 Å². The summed E-state index contributed by atoms with van der Waals surface area (Å²) in [6.07, 6.45) is 1.96. The van der Waals surface area contributed by atoms with Gasteiger partial charge in [0.25, 0.3) is 5.56 Å². The molecule has 0 spiro atoms. The van der Waals surface area contributed by atoms with Gasteiger partial charge < -0.3 is 4.98 Å². The molecule has 0 aliphatic rings. The summed E-state index contributed by atoms with van der Waals surface area (Å²) in [6.45, 7) is 0. The Morgan fingerprint density at radius 1 is 1.71 bits per heavy atom. The van der Waals surface area contributed by atoms with Crippen molar-refractivity contribution in [1.82, 2.24) is 9.97 Å². The molecule has 1 N–H and O–H groups in total. The molecule has 2 heterocycles. The number of nitrogens with one attached hydrogen (secondary N) is 1. The molecule has 2 rings (SSSR count). The second-order valence-electron chi connectivity index (χ2n) is 2.63. The van der Waals surface area contributed by atoms with Gasteiger partial charge >= 0.3 is 0 Å². The van der Waals surface area contributed by atoms with Crippen LogP contribution in [-0.4, -0.2) is 16.2 Å². The Morgan fingerprint density at radius 3 is 3.14 bits per heavy atom. The lowest BCUT2D eigenvalue weighted by Crippen LogP contribution is -2.09. The molecule has 3 nitrogen and oxygen atoms in total. The van der Waals surface area contributed by atoms with Crippen LogP contribution in [0.15, 0.2) is 15.1 Å². The first-order chi connectivity index (χ1) is 6.76. The largest absolute Gasteiger partial charge is 0.308 e. The molecule has 0 amide bonds. The Hall–Kier alpha value is -0.520. The maximum atomic E-state index is 11.5. The van der Waals surface area contributed by atoms with Gasteiger partial charge in [-0.2, -0.15) is 0 Å². The van der Waals surface area contributed by atoms with Crippen molar-refractivity contribution in [2.24, 2.45) is 0 Å². The first-order valence-corrected chi connectivity index (χ1v) is 6.50. The van der Waals surface area contributed by atoms with Crippen LogP contribution in [0.4, 0.5) is 0 Å². The standard InChI is InChI=1S/C8H7ClN2OS2/c1-13-4-3-14-7-6(4)10-5(2-9)11-8(7)12/h3H,2H2,1H3,(H,10,11,12). The lowest BCUT2D eigenvalue weighted by Gasteiger charge is -1.96. The summed E-state index contributed by atoms with van der Waals surface area (Å²) >= 11 is 8.62. The van der Waals surface area contributed by atoms with E-state index in [-0.39, 0.29) is 11.4 Å². The number of H-pyrrole nitrogens is 1. The number of halogens is 1. The number of alkyl halides is 1. The van der Waals surface area contributed by atoms with Crippen LogP contribution < -0.4 is 5.56 Å². The van der Waals surface area contributed by atoms with Crippen molar-refractivity contribution in [3.63, 3.8) is 0 Å². The predicted molar refractivity (Wildman–Crippen MR) is 61.6 cm³/mol. The van der Waals surface area contributed by atoms with Gasteiger partial charge in [0.05, 0.1) is 5.88 Å². The molecule has 0 aliphatic heterocycles. The summed E-state index contributed by atoms with van der Waals surface area (Å²) in [4.78, 5) is 19.5. The zero-order chi connectivity index (χ0) is 10.1. The van der Waals surface area contributed by atoms with Crippen LogP contribution in [0.1, 0.15) is 5.82 Å². The Balaban J connectivity index is 2.80. The molecule has 0 unspecified atom stereocenters. The number of rotatable bonds is 2. The number of hydrogen-bond acceptors (Lipinski definition) is 4. The third-order valence-electron chi connectivity index (χ3n) is 1.79. The van der Waals surface area contributed by atoms with Crippen molar-refractivity contribution in [3.8, 4) is 0 Å². The van der Waals surface area contributed by atoms with Gasteiger partial charge in [0, 0.05) is 10.3 Å². The topological polar surface area (TPSA) is 45.8 Å². The highest BCUT2D eigenvalue weighted by atomic mass is 35.5. The molecule has 6 heteroatoms. The fraction of sp³-hybridized carbons (Fsp3) is 0.250. The third kappa shape index (κ3) is 1.55. The van der Waals surface area contributed by atoms with E-state index in [2.05, 4.69) is 9.97 Å². The predicted octanol–water partition coefficient (Wildman–Crippen LogP) is 2.45. The van der Waals surface area contributed by atoms with Gasteiger partial charge in [0.1, 0.15) is 16.0 Å². The van der Waals surface area contributed by atoms with Gasteiger partial charge in [-0.1, -0.05) is 0 Å². The number of aromatic nitrogens is 2. The van der Waals surface area contributed by atoms with Gasteiger partial charge in [0.2, 0.25) is 0 Å². The minimum absolute atomic E-state index is 0.101. The first kappa shape index (κ1) is 10.0. The zero-order valence-corrected chi connectivity index (χ0v) is 9.72. The maximum Gasteiger partial charge on any atom is 0.268 e. The van der Waals surface area contributed by atoms with Gasteiger partial charge in [-0.05, 0) is 6.26 Å². The lowest BCUT2D eigenvalue weighted by atomic mass is 10.4. The molecule has 0 saturated carbocycles. The van der Waals surface area contributed by atoms with E-state index in [4.69, 9.17) is 11.6 Å². The fourth-order valence-corrected chi connectivity index (χ4v) is 2.98. The smallest absolute Gasteiger partial charge is 0.268 e. The van der Waals surface area contributed by atoms with Crippen LogP contribution in [0.2, 0.25) is 0 Å². The van der Waals surface area contributed by atoms with Crippen molar-refractivity contribution in [1.29, 1.82) is 0 Å². The van der Waals surface area contributed by atoms with Gasteiger partial charge in [-0.3, -0.25) is 4.79 Å². The molecule has 0 fully saturated rings. The van der Waals surface area contributed by atoms with Crippen LogP contribution in [0, 0.1) is 0 Å². The van der Waals surface area contributed by atoms with Crippen molar-refractivity contribution in [2.75, 3.05) is 6.26 Å². The van der Waals surface area contributed by atoms with Crippen LogP contribution in [0.5, 0.6) is 0 Å².